The number of rotatable bonds is 6. The fourth-order valence-electron chi connectivity index (χ4n) is 3.77. The number of likely N-dealkylation sites (tertiary alicyclic amines) is 1. The topological polar surface area (TPSA) is 67.6 Å². The zero-order chi connectivity index (χ0) is 18.7. The lowest BCUT2D eigenvalue weighted by atomic mass is 9.86. The average Bonchev–Trinajstić information content (AvgIpc) is 3.29. The molecule has 0 radical (unpaired) electrons. The van der Waals surface area contributed by atoms with Gasteiger partial charge >= 0.3 is 0 Å². The first-order valence-electron chi connectivity index (χ1n) is 9.05. The molecule has 0 bridgehead atoms. The molecule has 0 spiro atoms. The zero-order valence-electron chi connectivity index (χ0n) is 15.7. The van der Waals surface area contributed by atoms with Crippen LogP contribution in [0.25, 0.3) is 0 Å². The highest BCUT2D eigenvalue weighted by molar-refractivity contribution is 5.77. The molecule has 1 aliphatic heterocycles. The van der Waals surface area contributed by atoms with Gasteiger partial charge in [0, 0.05) is 26.2 Å². The van der Waals surface area contributed by atoms with Crippen molar-refractivity contribution in [1.82, 2.24) is 14.7 Å². The smallest absolute Gasteiger partial charge is 0.223 e. The lowest BCUT2D eigenvalue weighted by Crippen LogP contribution is -2.48. The van der Waals surface area contributed by atoms with Gasteiger partial charge in [-0.05, 0) is 49.4 Å². The number of hydrogen-bond acceptors (Lipinski definition) is 4. The standard InChI is InChI=1S/C20H27N3O3/c1-20(25,16-7-9-17(26-3)10-8-16)18-5-4-12-23(18)19(24)11-6-15-13-21-22(2)14-15/h7-10,13-14,18,25H,4-6,11-12H2,1-3H3. The summed E-state index contributed by atoms with van der Waals surface area (Å²) >= 11 is 0. The van der Waals surface area contributed by atoms with E-state index < -0.39 is 5.60 Å². The first-order valence-corrected chi connectivity index (χ1v) is 9.05. The Morgan fingerprint density at radius 2 is 2.12 bits per heavy atom. The Hall–Kier alpha value is -2.34. The van der Waals surface area contributed by atoms with Crippen molar-refractivity contribution in [1.29, 1.82) is 0 Å². The summed E-state index contributed by atoms with van der Waals surface area (Å²) in [7, 11) is 3.49. The van der Waals surface area contributed by atoms with Crippen LogP contribution in [0.3, 0.4) is 0 Å². The number of ether oxygens (including phenoxy) is 1. The molecule has 1 aromatic carbocycles. The van der Waals surface area contributed by atoms with Crippen LogP contribution in [-0.2, 0) is 23.9 Å². The van der Waals surface area contributed by atoms with Crippen molar-refractivity contribution in [2.45, 2.75) is 44.2 Å². The van der Waals surface area contributed by atoms with Gasteiger partial charge in [0.1, 0.15) is 11.4 Å². The minimum Gasteiger partial charge on any atom is -0.497 e. The second kappa shape index (κ2) is 7.50. The molecule has 1 aliphatic rings. The Labute approximate surface area is 154 Å². The van der Waals surface area contributed by atoms with Crippen LogP contribution in [-0.4, -0.2) is 45.4 Å². The fourth-order valence-corrected chi connectivity index (χ4v) is 3.77. The predicted molar refractivity (Wildman–Crippen MR) is 98.8 cm³/mol. The van der Waals surface area contributed by atoms with Gasteiger partial charge in [0.2, 0.25) is 5.91 Å². The number of carbonyl (C=O) groups excluding carboxylic acids is 1. The Balaban J connectivity index is 1.70. The van der Waals surface area contributed by atoms with Crippen LogP contribution in [0.5, 0.6) is 5.75 Å². The van der Waals surface area contributed by atoms with E-state index in [2.05, 4.69) is 5.10 Å². The average molecular weight is 357 g/mol. The normalized spacial score (nSPS) is 19.4. The fraction of sp³-hybridized carbons (Fsp3) is 0.500. The summed E-state index contributed by atoms with van der Waals surface area (Å²) in [6.07, 6.45) is 6.54. The lowest BCUT2D eigenvalue weighted by molar-refractivity contribution is -0.137. The van der Waals surface area contributed by atoms with Crippen molar-refractivity contribution in [2.75, 3.05) is 13.7 Å². The van der Waals surface area contributed by atoms with Crippen LogP contribution in [0.1, 0.15) is 37.3 Å². The van der Waals surface area contributed by atoms with Crippen LogP contribution >= 0.6 is 0 Å². The Morgan fingerprint density at radius 3 is 2.73 bits per heavy atom. The summed E-state index contributed by atoms with van der Waals surface area (Å²) in [6.45, 7) is 2.50. The Bertz CT molecular complexity index is 752. The number of carbonyl (C=O) groups is 1. The molecule has 140 valence electrons. The van der Waals surface area contributed by atoms with Gasteiger partial charge in [-0.1, -0.05) is 12.1 Å². The number of amides is 1. The molecule has 1 aromatic heterocycles. The summed E-state index contributed by atoms with van der Waals surface area (Å²) in [4.78, 5) is 14.6. The van der Waals surface area contributed by atoms with E-state index in [0.29, 0.717) is 19.4 Å². The van der Waals surface area contributed by atoms with E-state index >= 15 is 0 Å². The van der Waals surface area contributed by atoms with E-state index in [9.17, 15) is 9.90 Å². The largest absolute Gasteiger partial charge is 0.497 e. The molecule has 1 amide bonds. The summed E-state index contributed by atoms with van der Waals surface area (Å²) in [5, 5.41) is 15.4. The molecular weight excluding hydrogens is 330 g/mol. The summed E-state index contributed by atoms with van der Waals surface area (Å²) < 4.78 is 6.93. The third-order valence-corrected chi connectivity index (χ3v) is 5.28. The van der Waals surface area contributed by atoms with E-state index in [-0.39, 0.29) is 11.9 Å². The molecule has 2 heterocycles. The molecule has 26 heavy (non-hydrogen) atoms. The number of nitrogens with zero attached hydrogens (tertiary/aromatic N) is 3. The summed E-state index contributed by atoms with van der Waals surface area (Å²) in [6, 6.07) is 7.21. The quantitative estimate of drug-likeness (QED) is 0.861. The number of aliphatic hydroxyl groups is 1. The van der Waals surface area contributed by atoms with E-state index in [1.54, 1.807) is 24.9 Å². The van der Waals surface area contributed by atoms with E-state index in [1.165, 1.54) is 0 Å². The van der Waals surface area contributed by atoms with Gasteiger partial charge in [-0.3, -0.25) is 9.48 Å². The second-order valence-electron chi connectivity index (χ2n) is 7.14. The van der Waals surface area contributed by atoms with Gasteiger partial charge in [0.25, 0.3) is 0 Å². The number of aromatic nitrogens is 2. The minimum absolute atomic E-state index is 0.0881. The van der Waals surface area contributed by atoms with Crippen molar-refractivity contribution in [3.05, 3.63) is 47.8 Å². The van der Waals surface area contributed by atoms with Crippen molar-refractivity contribution < 1.29 is 14.6 Å². The van der Waals surface area contributed by atoms with Gasteiger partial charge in [-0.15, -0.1) is 0 Å². The number of methoxy groups -OCH3 is 1. The van der Waals surface area contributed by atoms with Gasteiger partial charge in [-0.2, -0.15) is 5.10 Å². The zero-order valence-corrected chi connectivity index (χ0v) is 15.7. The highest BCUT2D eigenvalue weighted by atomic mass is 16.5. The number of benzene rings is 1. The Kier molecular flexibility index (Phi) is 5.32. The van der Waals surface area contributed by atoms with Crippen LogP contribution < -0.4 is 4.74 Å². The molecule has 2 unspecified atom stereocenters. The van der Waals surface area contributed by atoms with Gasteiger partial charge in [0.15, 0.2) is 0 Å². The van der Waals surface area contributed by atoms with Gasteiger partial charge in [-0.25, -0.2) is 0 Å². The van der Waals surface area contributed by atoms with Crippen molar-refractivity contribution in [3.8, 4) is 5.75 Å². The van der Waals surface area contributed by atoms with Crippen molar-refractivity contribution in [3.63, 3.8) is 0 Å². The first-order chi connectivity index (χ1) is 12.4. The maximum Gasteiger partial charge on any atom is 0.223 e. The molecule has 2 aromatic rings. The molecule has 0 saturated carbocycles. The lowest BCUT2D eigenvalue weighted by Gasteiger charge is -2.37. The molecule has 1 N–H and O–H groups in total. The number of aryl methyl sites for hydroxylation is 2. The molecule has 1 saturated heterocycles. The number of hydrogen-bond donors (Lipinski definition) is 1. The van der Waals surface area contributed by atoms with Crippen LogP contribution in [0.2, 0.25) is 0 Å². The van der Waals surface area contributed by atoms with Crippen LogP contribution in [0.4, 0.5) is 0 Å². The molecule has 0 aliphatic carbocycles. The highest BCUT2D eigenvalue weighted by Gasteiger charge is 2.42. The monoisotopic (exact) mass is 357 g/mol. The van der Waals surface area contributed by atoms with Crippen molar-refractivity contribution >= 4 is 5.91 Å². The summed E-state index contributed by atoms with van der Waals surface area (Å²) in [5.41, 5.74) is 0.765. The SMILES string of the molecule is COc1ccc(C(C)(O)C2CCCN2C(=O)CCc2cnn(C)c2)cc1. The van der Waals surface area contributed by atoms with E-state index in [0.717, 1.165) is 29.7 Å². The van der Waals surface area contributed by atoms with Gasteiger partial charge in [0.05, 0.1) is 19.3 Å². The second-order valence-corrected chi connectivity index (χ2v) is 7.14. The van der Waals surface area contributed by atoms with Crippen LogP contribution in [0.15, 0.2) is 36.7 Å². The molecule has 6 nitrogen and oxygen atoms in total. The molecule has 6 heteroatoms. The molecule has 3 rings (SSSR count). The third-order valence-electron chi connectivity index (χ3n) is 5.28. The molecular formula is C20H27N3O3. The molecule has 2 atom stereocenters. The van der Waals surface area contributed by atoms with Crippen LogP contribution in [0, 0.1) is 0 Å². The maximum atomic E-state index is 12.8. The van der Waals surface area contributed by atoms with Gasteiger partial charge < -0.3 is 14.7 Å². The third kappa shape index (κ3) is 3.75. The van der Waals surface area contributed by atoms with Crippen molar-refractivity contribution in [2.24, 2.45) is 7.05 Å². The molecule has 1 fully saturated rings. The predicted octanol–water partition coefficient (Wildman–Crippen LogP) is 2.26. The highest BCUT2D eigenvalue weighted by Crippen LogP contribution is 2.35. The van der Waals surface area contributed by atoms with E-state index in [1.807, 2.05) is 42.4 Å². The maximum absolute atomic E-state index is 12.8. The minimum atomic E-state index is -1.09. The summed E-state index contributed by atoms with van der Waals surface area (Å²) in [5.74, 6) is 0.838. The van der Waals surface area contributed by atoms with E-state index in [4.69, 9.17) is 4.74 Å². The first kappa shape index (κ1) is 18.5. The Morgan fingerprint density at radius 1 is 1.38 bits per heavy atom.